The van der Waals surface area contributed by atoms with Gasteiger partial charge in [-0.25, -0.2) is 4.39 Å². The molecule has 24 heavy (non-hydrogen) atoms. The number of aromatic hydroxyl groups is 1. The van der Waals surface area contributed by atoms with Crippen LogP contribution in [0.5, 0.6) is 5.75 Å². The molecule has 0 spiro atoms. The predicted molar refractivity (Wildman–Crippen MR) is 84.5 cm³/mol. The van der Waals surface area contributed by atoms with Gasteiger partial charge in [-0.15, -0.1) is 0 Å². The van der Waals surface area contributed by atoms with Crippen LogP contribution in [0.3, 0.4) is 0 Å². The van der Waals surface area contributed by atoms with Gasteiger partial charge in [-0.2, -0.15) is 0 Å². The average Bonchev–Trinajstić information content (AvgIpc) is 2.57. The lowest BCUT2D eigenvalue weighted by atomic mass is 9.85. The van der Waals surface area contributed by atoms with E-state index in [4.69, 9.17) is 4.42 Å². The molecule has 1 aliphatic carbocycles. The largest absolute Gasteiger partial charge is 0.502 e. The predicted octanol–water partition coefficient (Wildman–Crippen LogP) is 2.06. The van der Waals surface area contributed by atoms with Gasteiger partial charge in [0.1, 0.15) is 0 Å². The van der Waals surface area contributed by atoms with Crippen molar-refractivity contribution >= 4 is 16.9 Å². The number of carbonyl (C=O) groups is 1. The van der Waals surface area contributed by atoms with Gasteiger partial charge in [0.25, 0.3) is 5.91 Å². The number of rotatable bonds is 3. The van der Waals surface area contributed by atoms with E-state index in [0.717, 1.165) is 31.4 Å². The van der Waals surface area contributed by atoms with Crippen molar-refractivity contribution in [1.82, 2.24) is 5.32 Å². The van der Waals surface area contributed by atoms with Crippen LogP contribution >= 0.6 is 0 Å². The number of phenolic OH excluding ortho intramolecular Hbond substituents is 1. The van der Waals surface area contributed by atoms with E-state index in [-0.39, 0.29) is 23.3 Å². The number of carbonyl (C=O) groups excluding carboxylic acids is 1. The Morgan fingerprint density at radius 3 is 2.71 bits per heavy atom. The van der Waals surface area contributed by atoms with Gasteiger partial charge in [0, 0.05) is 12.6 Å². The summed E-state index contributed by atoms with van der Waals surface area (Å²) in [6.45, 7) is 0.0444. The summed E-state index contributed by atoms with van der Waals surface area (Å²) in [6.07, 6.45) is 4.04. The first-order valence-corrected chi connectivity index (χ1v) is 7.85. The Bertz CT molecular complexity index is 839. The Labute approximate surface area is 136 Å². The van der Waals surface area contributed by atoms with Gasteiger partial charge in [0.15, 0.2) is 28.3 Å². The van der Waals surface area contributed by atoms with Crippen molar-refractivity contribution in [2.24, 2.45) is 0 Å². The molecule has 3 N–H and O–H groups in total. The smallest absolute Gasteiger partial charge is 0.287 e. The van der Waals surface area contributed by atoms with E-state index >= 15 is 0 Å². The molecule has 1 fully saturated rings. The molecule has 1 amide bonds. The Morgan fingerprint density at radius 2 is 2.00 bits per heavy atom. The molecule has 3 rings (SSSR count). The van der Waals surface area contributed by atoms with Crippen LogP contribution in [-0.4, -0.2) is 28.3 Å². The molecule has 1 aliphatic rings. The highest BCUT2D eigenvalue weighted by Crippen LogP contribution is 2.28. The minimum atomic E-state index is -0.959. The number of hydrogen-bond acceptors (Lipinski definition) is 5. The van der Waals surface area contributed by atoms with Gasteiger partial charge in [-0.3, -0.25) is 9.59 Å². The number of halogens is 1. The summed E-state index contributed by atoms with van der Waals surface area (Å²) in [5.41, 5.74) is -1.89. The fourth-order valence-corrected chi connectivity index (χ4v) is 3.01. The molecule has 0 atom stereocenters. The second-order valence-corrected chi connectivity index (χ2v) is 6.22. The fourth-order valence-electron chi connectivity index (χ4n) is 3.01. The quantitative estimate of drug-likeness (QED) is 0.797. The SMILES string of the molecule is O=C(NCC1(O)CCCCC1)c1cc(=O)c2ccc(F)c(O)c2o1. The Morgan fingerprint density at radius 1 is 1.29 bits per heavy atom. The van der Waals surface area contributed by atoms with E-state index in [1.54, 1.807) is 0 Å². The van der Waals surface area contributed by atoms with E-state index in [9.17, 15) is 24.2 Å². The van der Waals surface area contributed by atoms with Gasteiger partial charge in [0.2, 0.25) is 0 Å². The molecule has 7 heteroatoms. The maximum atomic E-state index is 13.4. The van der Waals surface area contributed by atoms with Crippen molar-refractivity contribution in [1.29, 1.82) is 0 Å². The van der Waals surface area contributed by atoms with Crippen molar-refractivity contribution in [3.63, 3.8) is 0 Å². The highest BCUT2D eigenvalue weighted by Gasteiger charge is 2.30. The molecule has 1 aromatic carbocycles. The van der Waals surface area contributed by atoms with Gasteiger partial charge in [-0.1, -0.05) is 19.3 Å². The molecule has 1 aromatic heterocycles. The number of hydrogen-bond donors (Lipinski definition) is 3. The number of aliphatic hydroxyl groups is 1. The second kappa shape index (κ2) is 6.24. The monoisotopic (exact) mass is 335 g/mol. The van der Waals surface area contributed by atoms with Crippen LogP contribution in [0.2, 0.25) is 0 Å². The van der Waals surface area contributed by atoms with E-state index < -0.39 is 28.5 Å². The zero-order valence-corrected chi connectivity index (χ0v) is 13.0. The van der Waals surface area contributed by atoms with E-state index in [2.05, 4.69) is 5.32 Å². The third-order valence-corrected chi connectivity index (χ3v) is 4.41. The lowest BCUT2D eigenvalue weighted by Gasteiger charge is -2.31. The number of fused-ring (bicyclic) bond motifs is 1. The number of nitrogens with one attached hydrogen (secondary N) is 1. The summed E-state index contributed by atoms with van der Waals surface area (Å²) in [5.74, 6) is -2.80. The Kier molecular flexibility index (Phi) is 4.28. The summed E-state index contributed by atoms with van der Waals surface area (Å²) in [4.78, 5) is 24.2. The minimum absolute atomic E-state index is 0.0173. The normalized spacial score (nSPS) is 16.9. The zero-order chi connectivity index (χ0) is 17.3. The standard InChI is InChI=1S/C17H18FNO5/c18-11-5-4-10-12(20)8-13(24-15(10)14(11)21)16(22)19-9-17(23)6-2-1-3-7-17/h4-5,8,21,23H,1-3,6-7,9H2,(H,19,22). The van der Waals surface area contributed by atoms with Crippen molar-refractivity contribution in [2.75, 3.05) is 6.54 Å². The molecule has 2 aromatic rings. The number of phenols is 1. The maximum Gasteiger partial charge on any atom is 0.287 e. The molecule has 6 nitrogen and oxygen atoms in total. The minimum Gasteiger partial charge on any atom is -0.502 e. The summed E-state index contributed by atoms with van der Waals surface area (Å²) in [7, 11) is 0. The van der Waals surface area contributed by atoms with Crippen molar-refractivity contribution in [3.05, 3.63) is 40.0 Å². The van der Waals surface area contributed by atoms with Gasteiger partial charge < -0.3 is 19.9 Å². The van der Waals surface area contributed by atoms with Crippen LogP contribution in [0.25, 0.3) is 11.0 Å². The van der Waals surface area contributed by atoms with Crippen LogP contribution < -0.4 is 10.7 Å². The second-order valence-electron chi connectivity index (χ2n) is 6.22. The molecule has 1 saturated carbocycles. The Hall–Kier alpha value is -2.41. The van der Waals surface area contributed by atoms with Gasteiger partial charge >= 0.3 is 0 Å². The van der Waals surface area contributed by atoms with Gasteiger partial charge in [-0.05, 0) is 25.0 Å². The first kappa shape index (κ1) is 16.4. The molecule has 0 aliphatic heterocycles. The van der Waals surface area contributed by atoms with E-state index in [1.807, 2.05) is 0 Å². The summed E-state index contributed by atoms with van der Waals surface area (Å²) in [5, 5.41) is 22.6. The third kappa shape index (κ3) is 3.12. The van der Waals surface area contributed by atoms with E-state index in [1.165, 1.54) is 6.07 Å². The highest BCUT2D eigenvalue weighted by molar-refractivity contribution is 5.94. The fraction of sp³-hybridized carbons (Fsp3) is 0.412. The topological polar surface area (TPSA) is 99.8 Å². The van der Waals surface area contributed by atoms with E-state index in [0.29, 0.717) is 12.8 Å². The van der Waals surface area contributed by atoms with Crippen LogP contribution in [0, 0.1) is 5.82 Å². The lowest BCUT2D eigenvalue weighted by molar-refractivity contribution is 0.00503. The lowest BCUT2D eigenvalue weighted by Crippen LogP contribution is -2.44. The summed E-state index contributed by atoms with van der Waals surface area (Å²) < 4.78 is 18.6. The molecule has 1 heterocycles. The molecule has 0 bridgehead atoms. The summed E-state index contributed by atoms with van der Waals surface area (Å²) in [6, 6.07) is 3.12. The van der Waals surface area contributed by atoms with Crippen molar-refractivity contribution in [2.45, 2.75) is 37.7 Å². The maximum absolute atomic E-state index is 13.4. The van der Waals surface area contributed by atoms with Crippen LogP contribution in [0.1, 0.15) is 42.7 Å². The van der Waals surface area contributed by atoms with Gasteiger partial charge in [0.05, 0.1) is 11.0 Å². The average molecular weight is 335 g/mol. The Balaban J connectivity index is 1.85. The molecule has 128 valence electrons. The molecular weight excluding hydrogens is 317 g/mol. The van der Waals surface area contributed by atoms with Crippen molar-refractivity contribution in [3.8, 4) is 5.75 Å². The zero-order valence-electron chi connectivity index (χ0n) is 13.0. The summed E-state index contributed by atoms with van der Waals surface area (Å²) >= 11 is 0. The number of benzene rings is 1. The molecule has 0 unspecified atom stereocenters. The highest BCUT2D eigenvalue weighted by atomic mass is 19.1. The molecule has 0 radical (unpaired) electrons. The first-order chi connectivity index (χ1) is 11.4. The molecule has 0 saturated heterocycles. The molecular formula is C17H18FNO5. The van der Waals surface area contributed by atoms with Crippen LogP contribution in [-0.2, 0) is 0 Å². The number of amides is 1. The van der Waals surface area contributed by atoms with Crippen LogP contribution in [0.15, 0.2) is 27.4 Å². The van der Waals surface area contributed by atoms with Crippen molar-refractivity contribution < 1.29 is 23.8 Å². The van der Waals surface area contributed by atoms with Crippen LogP contribution in [0.4, 0.5) is 4.39 Å². The first-order valence-electron chi connectivity index (χ1n) is 7.85. The third-order valence-electron chi connectivity index (χ3n) is 4.41.